The summed E-state index contributed by atoms with van der Waals surface area (Å²) in [5.41, 5.74) is -2.76. The Labute approximate surface area is 181 Å². The van der Waals surface area contributed by atoms with Gasteiger partial charge in [0, 0.05) is 18.0 Å². The van der Waals surface area contributed by atoms with E-state index in [0.29, 0.717) is 12.8 Å². The average Bonchev–Trinajstić information content (AvgIpc) is 2.65. The third-order valence-electron chi connectivity index (χ3n) is 6.32. The molecule has 180 valence electrons. The van der Waals surface area contributed by atoms with Gasteiger partial charge in [-0.25, -0.2) is 4.39 Å². The Morgan fingerprint density at radius 1 is 1.12 bits per heavy atom. The van der Waals surface area contributed by atoms with E-state index in [-0.39, 0.29) is 49.1 Å². The molecule has 2 N–H and O–H groups in total. The molecule has 5 nitrogen and oxygen atoms in total. The molecule has 2 fully saturated rings. The van der Waals surface area contributed by atoms with Gasteiger partial charge in [-0.2, -0.15) is 22.0 Å². The van der Waals surface area contributed by atoms with Crippen LogP contribution in [-0.4, -0.2) is 41.5 Å². The standard InChI is InChI=1S/C21H25F6NO4/c1-20(30,21(25,26)27)12-2-5-14(6-3-12)28-18(29)11-8-15(9-11)31-17-10-13(22)4-7-16(17)32-19(23)24/h4,7,10-12,14-15,19,30H,2-3,5-6,8-9H2,1H3,(H,28,29)/t11-,12-,14-,15-,20?. The van der Waals surface area contributed by atoms with Crippen LogP contribution >= 0.6 is 0 Å². The third-order valence-corrected chi connectivity index (χ3v) is 6.32. The minimum atomic E-state index is -4.71. The molecule has 32 heavy (non-hydrogen) atoms. The number of alkyl halides is 5. The fraction of sp³-hybridized carbons (Fsp3) is 0.667. The highest BCUT2D eigenvalue weighted by Crippen LogP contribution is 2.43. The summed E-state index contributed by atoms with van der Waals surface area (Å²) in [6.07, 6.45) is -3.69. The Morgan fingerprint density at radius 2 is 1.75 bits per heavy atom. The number of amides is 1. The van der Waals surface area contributed by atoms with Crippen molar-refractivity contribution in [1.29, 1.82) is 0 Å². The van der Waals surface area contributed by atoms with Crippen molar-refractivity contribution in [3.05, 3.63) is 24.0 Å². The van der Waals surface area contributed by atoms with Crippen molar-refractivity contribution in [1.82, 2.24) is 5.32 Å². The number of rotatable bonds is 7. The lowest BCUT2D eigenvalue weighted by atomic mass is 9.75. The summed E-state index contributed by atoms with van der Waals surface area (Å²) in [6, 6.07) is 2.65. The van der Waals surface area contributed by atoms with Crippen LogP contribution in [0.4, 0.5) is 26.3 Å². The molecule has 1 aromatic carbocycles. The first-order valence-corrected chi connectivity index (χ1v) is 10.4. The van der Waals surface area contributed by atoms with Crippen LogP contribution in [0.3, 0.4) is 0 Å². The second-order valence-electron chi connectivity index (χ2n) is 8.58. The number of ether oxygens (including phenoxy) is 2. The number of nitrogens with one attached hydrogen (secondary N) is 1. The van der Waals surface area contributed by atoms with Crippen molar-refractivity contribution >= 4 is 5.91 Å². The molecule has 0 radical (unpaired) electrons. The van der Waals surface area contributed by atoms with Crippen molar-refractivity contribution in [3.63, 3.8) is 0 Å². The van der Waals surface area contributed by atoms with Crippen LogP contribution in [0.15, 0.2) is 18.2 Å². The Balaban J connectivity index is 1.45. The van der Waals surface area contributed by atoms with Crippen molar-refractivity contribution in [2.45, 2.75) is 76.0 Å². The Hall–Kier alpha value is -2.17. The predicted molar refractivity (Wildman–Crippen MR) is 101 cm³/mol. The first-order chi connectivity index (χ1) is 14.9. The van der Waals surface area contributed by atoms with Gasteiger partial charge in [-0.15, -0.1) is 0 Å². The van der Waals surface area contributed by atoms with Crippen LogP contribution in [0.1, 0.15) is 45.4 Å². The van der Waals surface area contributed by atoms with E-state index in [1.807, 2.05) is 0 Å². The number of benzene rings is 1. The molecule has 2 aliphatic rings. The molecule has 3 rings (SSSR count). The maximum Gasteiger partial charge on any atom is 0.417 e. The highest BCUT2D eigenvalue weighted by atomic mass is 19.4. The molecule has 0 saturated heterocycles. The van der Waals surface area contributed by atoms with E-state index in [9.17, 15) is 36.2 Å². The zero-order valence-corrected chi connectivity index (χ0v) is 17.3. The van der Waals surface area contributed by atoms with Crippen LogP contribution in [0.25, 0.3) is 0 Å². The minimum absolute atomic E-state index is 0.139. The summed E-state index contributed by atoms with van der Waals surface area (Å²) in [6.45, 7) is -2.32. The van der Waals surface area contributed by atoms with Crippen LogP contribution in [0.5, 0.6) is 11.5 Å². The molecule has 1 atom stereocenters. The maximum absolute atomic E-state index is 13.4. The normalized spacial score (nSPS) is 27.9. The average molecular weight is 469 g/mol. The molecule has 2 aliphatic carbocycles. The summed E-state index contributed by atoms with van der Waals surface area (Å²) in [5.74, 6) is -2.75. The Morgan fingerprint density at radius 3 is 2.31 bits per heavy atom. The number of hydrogen-bond acceptors (Lipinski definition) is 4. The van der Waals surface area contributed by atoms with Gasteiger partial charge in [0.05, 0.1) is 0 Å². The number of halogens is 6. The van der Waals surface area contributed by atoms with Gasteiger partial charge >= 0.3 is 12.8 Å². The summed E-state index contributed by atoms with van der Waals surface area (Å²) in [5, 5.41) is 12.6. The van der Waals surface area contributed by atoms with Gasteiger partial charge in [-0.05, 0) is 63.5 Å². The fourth-order valence-electron chi connectivity index (χ4n) is 4.17. The monoisotopic (exact) mass is 469 g/mol. The first kappa shape index (κ1) is 24.5. The largest absolute Gasteiger partial charge is 0.486 e. The van der Waals surface area contributed by atoms with Crippen molar-refractivity contribution in [2.24, 2.45) is 11.8 Å². The van der Waals surface area contributed by atoms with Crippen LogP contribution in [-0.2, 0) is 4.79 Å². The van der Waals surface area contributed by atoms with E-state index in [1.165, 1.54) is 0 Å². The van der Waals surface area contributed by atoms with Gasteiger partial charge in [0.25, 0.3) is 0 Å². The van der Waals surface area contributed by atoms with Gasteiger partial charge in [0.15, 0.2) is 17.1 Å². The number of hydrogen-bond donors (Lipinski definition) is 2. The van der Waals surface area contributed by atoms with Gasteiger partial charge in [-0.1, -0.05) is 0 Å². The Kier molecular flexibility index (Phi) is 7.16. The van der Waals surface area contributed by atoms with E-state index in [4.69, 9.17) is 4.74 Å². The topological polar surface area (TPSA) is 67.8 Å². The fourth-order valence-corrected chi connectivity index (χ4v) is 4.17. The van der Waals surface area contributed by atoms with Gasteiger partial charge in [0.1, 0.15) is 11.9 Å². The van der Waals surface area contributed by atoms with Gasteiger partial charge < -0.3 is 19.9 Å². The van der Waals surface area contributed by atoms with Crippen molar-refractivity contribution in [2.75, 3.05) is 0 Å². The molecule has 0 bridgehead atoms. The predicted octanol–water partition coefficient (Wildman–Crippen LogP) is 4.57. The molecule has 0 heterocycles. The number of carbonyl (C=O) groups excluding carboxylic acids is 1. The second-order valence-corrected chi connectivity index (χ2v) is 8.58. The lowest BCUT2D eigenvalue weighted by molar-refractivity contribution is -0.275. The Bertz CT molecular complexity index is 802. The van der Waals surface area contributed by atoms with E-state index in [2.05, 4.69) is 10.1 Å². The number of aliphatic hydroxyl groups is 1. The van der Waals surface area contributed by atoms with Gasteiger partial charge in [0.2, 0.25) is 5.91 Å². The molecule has 0 spiro atoms. The van der Waals surface area contributed by atoms with Crippen LogP contribution in [0, 0.1) is 17.7 Å². The zero-order chi connectivity index (χ0) is 23.7. The molecule has 2 saturated carbocycles. The lowest BCUT2D eigenvalue weighted by Gasteiger charge is -2.40. The van der Waals surface area contributed by atoms with Gasteiger partial charge in [-0.3, -0.25) is 4.79 Å². The molecular formula is C21H25F6NO4. The summed E-state index contributed by atoms with van der Waals surface area (Å²) >= 11 is 0. The minimum Gasteiger partial charge on any atom is -0.486 e. The summed E-state index contributed by atoms with van der Waals surface area (Å²) < 4.78 is 87.2. The van der Waals surface area contributed by atoms with Crippen molar-refractivity contribution in [3.8, 4) is 11.5 Å². The van der Waals surface area contributed by atoms with Crippen molar-refractivity contribution < 1.29 is 45.7 Å². The zero-order valence-electron chi connectivity index (χ0n) is 17.3. The van der Waals surface area contributed by atoms with Crippen LogP contribution in [0.2, 0.25) is 0 Å². The molecule has 0 aromatic heterocycles. The molecule has 1 unspecified atom stereocenters. The van der Waals surface area contributed by atoms with E-state index in [0.717, 1.165) is 25.1 Å². The van der Waals surface area contributed by atoms with E-state index >= 15 is 0 Å². The smallest absolute Gasteiger partial charge is 0.417 e. The second kappa shape index (κ2) is 9.36. The third kappa shape index (κ3) is 5.60. The van der Waals surface area contributed by atoms with E-state index in [1.54, 1.807) is 0 Å². The highest BCUT2D eigenvalue weighted by Gasteiger charge is 2.55. The molecule has 11 heteroatoms. The van der Waals surface area contributed by atoms with E-state index < -0.39 is 42.1 Å². The summed E-state index contributed by atoms with van der Waals surface area (Å²) in [7, 11) is 0. The number of carbonyl (C=O) groups is 1. The lowest BCUT2D eigenvalue weighted by Crippen LogP contribution is -2.52. The SMILES string of the molecule is CC(O)([C@H]1CC[C@H](NC(=O)[C@H]2C[C@H](Oc3cc(F)ccc3OC(F)F)C2)CC1)C(F)(F)F. The highest BCUT2D eigenvalue weighted by molar-refractivity contribution is 5.80. The molecular weight excluding hydrogens is 444 g/mol. The first-order valence-electron chi connectivity index (χ1n) is 10.4. The molecule has 0 aliphatic heterocycles. The van der Waals surface area contributed by atoms with Crippen LogP contribution < -0.4 is 14.8 Å². The summed E-state index contributed by atoms with van der Waals surface area (Å²) in [4.78, 5) is 12.4. The molecule has 1 amide bonds. The quantitative estimate of drug-likeness (QED) is 0.574. The maximum atomic E-state index is 13.4. The molecule has 1 aromatic rings.